The molecule has 116 valence electrons. The van der Waals surface area contributed by atoms with Gasteiger partial charge < -0.3 is 5.11 Å². The minimum Gasteiger partial charge on any atom is -0.478 e. The van der Waals surface area contributed by atoms with Crippen LogP contribution < -0.4 is 4.72 Å². The van der Waals surface area contributed by atoms with E-state index in [-0.39, 0.29) is 16.1 Å². The first kappa shape index (κ1) is 16.5. The van der Waals surface area contributed by atoms with Gasteiger partial charge in [0.15, 0.2) is 0 Å². The zero-order valence-corrected chi connectivity index (χ0v) is 14.3. The summed E-state index contributed by atoms with van der Waals surface area (Å²) in [5.74, 6) is -1.19. The topological polar surface area (TPSA) is 83.5 Å². The maximum atomic E-state index is 12.5. The first-order chi connectivity index (χ1) is 10.2. The zero-order chi connectivity index (χ0) is 16.5. The number of halogens is 1. The van der Waals surface area contributed by atoms with Crippen molar-refractivity contribution in [3.8, 4) is 0 Å². The van der Waals surface area contributed by atoms with Gasteiger partial charge in [-0.1, -0.05) is 17.7 Å². The quantitative estimate of drug-likeness (QED) is 0.844. The van der Waals surface area contributed by atoms with E-state index in [0.717, 1.165) is 11.1 Å². The van der Waals surface area contributed by atoms with Crippen LogP contribution in [-0.2, 0) is 10.0 Å². The fourth-order valence-electron chi connectivity index (χ4n) is 1.95. The molecule has 0 aliphatic heterocycles. The number of aromatic carboxylic acids is 1. The van der Waals surface area contributed by atoms with E-state index in [9.17, 15) is 18.3 Å². The number of anilines is 1. The third-order valence-corrected chi connectivity index (χ3v) is 5.37. The lowest BCUT2D eigenvalue weighted by atomic mass is 10.1. The van der Waals surface area contributed by atoms with E-state index in [1.165, 1.54) is 18.2 Å². The lowest BCUT2D eigenvalue weighted by molar-refractivity contribution is 0.0698. The highest BCUT2D eigenvalue weighted by Gasteiger charge is 2.21. The highest BCUT2D eigenvalue weighted by molar-refractivity contribution is 9.10. The smallest absolute Gasteiger partial charge is 0.337 e. The van der Waals surface area contributed by atoms with Gasteiger partial charge >= 0.3 is 5.97 Å². The summed E-state index contributed by atoms with van der Waals surface area (Å²) in [5, 5.41) is 9.20. The Hall–Kier alpha value is -1.86. The van der Waals surface area contributed by atoms with Crippen molar-refractivity contribution in [2.75, 3.05) is 4.72 Å². The number of benzene rings is 2. The maximum Gasteiger partial charge on any atom is 0.337 e. The van der Waals surface area contributed by atoms with Crippen molar-refractivity contribution in [2.45, 2.75) is 18.7 Å². The summed E-state index contributed by atoms with van der Waals surface area (Å²) in [6.07, 6.45) is 0. The first-order valence-electron chi connectivity index (χ1n) is 6.33. The van der Waals surface area contributed by atoms with E-state index in [4.69, 9.17) is 0 Å². The van der Waals surface area contributed by atoms with Gasteiger partial charge in [0.2, 0.25) is 0 Å². The number of rotatable bonds is 4. The predicted octanol–water partition coefficient (Wildman–Crippen LogP) is 3.56. The van der Waals surface area contributed by atoms with Gasteiger partial charge in [0, 0.05) is 4.47 Å². The van der Waals surface area contributed by atoms with Crippen LogP contribution in [-0.4, -0.2) is 19.5 Å². The highest BCUT2D eigenvalue weighted by atomic mass is 79.9. The fourth-order valence-corrected chi connectivity index (χ4v) is 4.22. The standard InChI is InChI=1S/C15H14BrNO4S/c1-9-3-5-13(11(7-9)15(18)19)17-22(20,21)14-6-4-10(2)8-12(14)16/h3-8,17H,1-2H3,(H,18,19). The van der Waals surface area contributed by atoms with Crippen LogP contribution in [0.25, 0.3) is 0 Å². The second-order valence-electron chi connectivity index (χ2n) is 4.89. The van der Waals surface area contributed by atoms with Crippen molar-refractivity contribution in [1.82, 2.24) is 0 Å². The van der Waals surface area contributed by atoms with Gasteiger partial charge in [0.05, 0.1) is 11.3 Å². The number of carboxylic acids is 1. The van der Waals surface area contributed by atoms with Gasteiger partial charge in [-0.25, -0.2) is 13.2 Å². The van der Waals surface area contributed by atoms with Crippen molar-refractivity contribution in [3.05, 3.63) is 57.6 Å². The molecule has 0 aromatic heterocycles. The molecule has 0 spiro atoms. The SMILES string of the molecule is Cc1ccc(S(=O)(=O)Nc2ccc(C)cc2C(=O)O)c(Br)c1. The van der Waals surface area contributed by atoms with E-state index < -0.39 is 16.0 Å². The molecule has 0 saturated heterocycles. The van der Waals surface area contributed by atoms with Crippen LogP contribution in [0.5, 0.6) is 0 Å². The molecule has 5 nitrogen and oxygen atoms in total. The molecule has 2 N–H and O–H groups in total. The molecule has 0 fully saturated rings. The molecular formula is C15H14BrNO4S. The van der Waals surface area contributed by atoms with Crippen molar-refractivity contribution in [1.29, 1.82) is 0 Å². The summed E-state index contributed by atoms with van der Waals surface area (Å²) in [4.78, 5) is 11.3. The second kappa shape index (κ2) is 6.10. The van der Waals surface area contributed by atoms with Crippen LogP contribution in [0.3, 0.4) is 0 Å². The van der Waals surface area contributed by atoms with E-state index >= 15 is 0 Å². The Bertz CT molecular complexity index is 847. The monoisotopic (exact) mass is 383 g/mol. The Kier molecular flexibility index (Phi) is 4.58. The number of nitrogens with one attached hydrogen (secondary N) is 1. The van der Waals surface area contributed by atoms with Crippen LogP contribution in [0.2, 0.25) is 0 Å². The van der Waals surface area contributed by atoms with Gasteiger partial charge in [-0.05, 0) is 59.6 Å². The summed E-state index contributed by atoms with van der Waals surface area (Å²) in [6.45, 7) is 3.58. The molecule has 0 aliphatic rings. The van der Waals surface area contributed by atoms with Crippen LogP contribution >= 0.6 is 15.9 Å². The molecule has 2 aromatic rings. The molecule has 0 aliphatic carbocycles. The Morgan fingerprint density at radius 3 is 2.27 bits per heavy atom. The number of carboxylic acid groups (broad SMARTS) is 1. The third kappa shape index (κ3) is 3.48. The molecule has 7 heteroatoms. The number of aryl methyl sites for hydroxylation is 2. The van der Waals surface area contributed by atoms with Crippen molar-refractivity contribution in [2.24, 2.45) is 0 Å². The van der Waals surface area contributed by atoms with Crippen molar-refractivity contribution < 1.29 is 18.3 Å². The summed E-state index contributed by atoms with van der Waals surface area (Å²) in [5.41, 5.74) is 1.58. The molecular weight excluding hydrogens is 370 g/mol. The first-order valence-corrected chi connectivity index (χ1v) is 8.61. The Morgan fingerprint density at radius 2 is 1.68 bits per heavy atom. The van der Waals surface area contributed by atoms with E-state index in [1.54, 1.807) is 25.1 Å². The third-order valence-electron chi connectivity index (χ3n) is 3.03. The molecule has 0 unspecified atom stereocenters. The molecule has 0 radical (unpaired) electrons. The van der Waals surface area contributed by atoms with Crippen molar-refractivity contribution in [3.63, 3.8) is 0 Å². The largest absolute Gasteiger partial charge is 0.478 e. The highest BCUT2D eigenvalue weighted by Crippen LogP contribution is 2.27. The zero-order valence-electron chi connectivity index (χ0n) is 11.9. The summed E-state index contributed by atoms with van der Waals surface area (Å²) >= 11 is 3.22. The molecule has 0 amide bonds. The van der Waals surface area contributed by atoms with Crippen LogP contribution in [0, 0.1) is 13.8 Å². The van der Waals surface area contributed by atoms with Gasteiger partial charge in [-0.2, -0.15) is 0 Å². The average Bonchev–Trinajstić information content (AvgIpc) is 2.39. The number of carbonyl (C=O) groups is 1. The minimum absolute atomic E-state index is 0.0329. The number of hydrogen-bond acceptors (Lipinski definition) is 3. The van der Waals surface area contributed by atoms with E-state index in [2.05, 4.69) is 20.7 Å². The maximum absolute atomic E-state index is 12.5. The fraction of sp³-hybridized carbons (Fsp3) is 0.133. The van der Waals surface area contributed by atoms with Crippen LogP contribution in [0.1, 0.15) is 21.5 Å². The second-order valence-corrected chi connectivity index (χ2v) is 7.40. The normalized spacial score (nSPS) is 11.2. The Labute approximate surface area is 137 Å². The summed E-state index contributed by atoms with van der Waals surface area (Å²) in [7, 11) is -3.89. The Morgan fingerprint density at radius 1 is 1.09 bits per heavy atom. The van der Waals surface area contributed by atoms with Crippen LogP contribution in [0.15, 0.2) is 45.8 Å². The Balaban J connectivity index is 2.47. The van der Waals surface area contributed by atoms with Gasteiger partial charge in [0.25, 0.3) is 10.0 Å². The number of hydrogen-bond donors (Lipinski definition) is 2. The molecule has 0 atom stereocenters. The number of sulfonamides is 1. The lowest BCUT2D eigenvalue weighted by Gasteiger charge is -2.12. The molecule has 22 heavy (non-hydrogen) atoms. The molecule has 0 heterocycles. The van der Waals surface area contributed by atoms with Crippen LogP contribution in [0.4, 0.5) is 5.69 Å². The lowest BCUT2D eigenvalue weighted by Crippen LogP contribution is -2.16. The molecule has 2 rings (SSSR count). The summed E-state index contributed by atoms with van der Waals surface area (Å²) in [6, 6.07) is 9.34. The van der Waals surface area contributed by atoms with Crippen molar-refractivity contribution >= 4 is 37.6 Å². The predicted molar refractivity (Wildman–Crippen MR) is 87.8 cm³/mol. The average molecular weight is 384 g/mol. The summed E-state index contributed by atoms with van der Waals surface area (Å²) < 4.78 is 27.7. The molecule has 0 saturated carbocycles. The van der Waals surface area contributed by atoms with Gasteiger partial charge in [-0.15, -0.1) is 0 Å². The van der Waals surface area contributed by atoms with Gasteiger partial charge in [0.1, 0.15) is 4.90 Å². The van der Waals surface area contributed by atoms with E-state index in [1.807, 2.05) is 6.92 Å². The minimum atomic E-state index is -3.89. The molecule has 2 aromatic carbocycles. The van der Waals surface area contributed by atoms with Gasteiger partial charge in [-0.3, -0.25) is 4.72 Å². The van der Waals surface area contributed by atoms with E-state index in [0.29, 0.717) is 4.47 Å². The molecule has 0 bridgehead atoms.